The molecule has 0 saturated carbocycles. The van der Waals surface area contributed by atoms with E-state index in [-0.39, 0.29) is 5.38 Å². The number of nitrogens with zero attached hydrogens (tertiary/aromatic N) is 3. The Morgan fingerprint density at radius 1 is 1.42 bits per heavy atom. The number of ether oxygens (including phenoxy) is 1. The first-order valence-corrected chi connectivity index (χ1v) is 7.18. The third kappa shape index (κ3) is 2.35. The molecule has 2 aromatic heterocycles. The number of hydrogen-bond donors (Lipinski definition) is 0. The highest BCUT2D eigenvalue weighted by Gasteiger charge is 2.24. The van der Waals surface area contributed by atoms with Crippen LogP contribution in [0.25, 0.3) is 11.2 Å². The van der Waals surface area contributed by atoms with Crippen molar-refractivity contribution in [3.63, 3.8) is 0 Å². The van der Waals surface area contributed by atoms with Gasteiger partial charge in [-0.2, -0.15) is 0 Å². The van der Waals surface area contributed by atoms with Crippen molar-refractivity contribution >= 4 is 22.8 Å². The number of hydrogen-bond acceptors (Lipinski definition) is 3. The molecule has 0 amide bonds. The summed E-state index contributed by atoms with van der Waals surface area (Å²) in [6.07, 6.45) is 2.17. The van der Waals surface area contributed by atoms with E-state index < -0.39 is 0 Å². The predicted octanol–water partition coefficient (Wildman–Crippen LogP) is 3.39. The van der Waals surface area contributed by atoms with Gasteiger partial charge in [-0.05, 0) is 38.8 Å². The number of fused-ring (bicyclic) bond motifs is 1. The van der Waals surface area contributed by atoms with Gasteiger partial charge in [0.05, 0.1) is 18.0 Å². The molecule has 1 aliphatic rings. The lowest BCUT2D eigenvalue weighted by atomic mass is 10.1. The molecular formula is C14H18ClN3O. The Labute approximate surface area is 117 Å². The van der Waals surface area contributed by atoms with Crippen molar-refractivity contribution in [3.05, 3.63) is 23.7 Å². The van der Waals surface area contributed by atoms with Gasteiger partial charge in [0.25, 0.3) is 0 Å². The maximum Gasteiger partial charge on any atom is 0.160 e. The van der Waals surface area contributed by atoms with Gasteiger partial charge in [0.2, 0.25) is 0 Å². The van der Waals surface area contributed by atoms with Crippen molar-refractivity contribution in [1.29, 1.82) is 0 Å². The Balaban J connectivity index is 2.17. The number of halogens is 1. The molecule has 1 saturated heterocycles. The smallest absolute Gasteiger partial charge is 0.160 e. The van der Waals surface area contributed by atoms with Gasteiger partial charge in [-0.1, -0.05) is 0 Å². The minimum atomic E-state index is -0.128. The molecule has 0 N–H and O–H groups in total. The van der Waals surface area contributed by atoms with E-state index in [1.165, 1.54) is 0 Å². The molecule has 0 spiro atoms. The topological polar surface area (TPSA) is 39.9 Å². The van der Waals surface area contributed by atoms with Crippen LogP contribution in [-0.4, -0.2) is 27.7 Å². The van der Waals surface area contributed by atoms with Gasteiger partial charge in [-0.25, -0.2) is 9.97 Å². The number of alkyl halides is 1. The average Bonchev–Trinajstić information content (AvgIpc) is 2.78. The maximum absolute atomic E-state index is 6.29. The van der Waals surface area contributed by atoms with Gasteiger partial charge in [-0.15, -0.1) is 11.6 Å². The lowest BCUT2D eigenvalue weighted by Crippen LogP contribution is -2.23. The fourth-order valence-corrected chi connectivity index (χ4v) is 2.81. The van der Waals surface area contributed by atoms with Crippen LogP contribution in [0.5, 0.6) is 0 Å². The Morgan fingerprint density at radius 2 is 2.26 bits per heavy atom. The van der Waals surface area contributed by atoms with Crippen molar-refractivity contribution in [3.8, 4) is 0 Å². The summed E-state index contributed by atoms with van der Waals surface area (Å²) in [7, 11) is 0. The SMILES string of the molecule is Cc1ccc2nc(C(C)Cl)n(C3CCCOC3)c2n1. The first-order chi connectivity index (χ1) is 9.16. The zero-order valence-corrected chi connectivity index (χ0v) is 12.0. The van der Waals surface area contributed by atoms with E-state index in [2.05, 4.69) is 14.5 Å². The molecule has 2 unspecified atom stereocenters. The Hall–Kier alpha value is -1.13. The number of imidazole rings is 1. The first kappa shape index (κ1) is 12.9. The Morgan fingerprint density at radius 3 is 2.95 bits per heavy atom. The second-order valence-electron chi connectivity index (χ2n) is 5.12. The summed E-state index contributed by atoms with van der Waals surface area (Å²) in [6, 6.07) is 4.30. The zero-order valence-electron chi connectivity index (χ0n) is 11.3. The van der Waals surface area contributed by atoms with Crippen molar-refractivity contribution in [1.82, 2.24) is 14.5 Å². The van der Waals surface area contributed by atoms with Gasteiger partial charge in [0.15, 0.2) is 5.65 Å². The lowest BCUT2D eigenvalue weighted by molar-refractivity contribution is 0.0593. The van der Waals surface area contributed by atoms with Gasteiger partial charge >= 0.3 is 0 Å². The summed E-state index contributed by atoms with van der Waals surface area (Å²) in [5.74, 6) is 0.894. The third-order valence-electron chi connectivity index (χ3n) is 3.56. The van der Waals surface area contributed by atoms with Gasteiger partial charge in [0.1, 0.15) is 11.3 Å². The van der Waals surface area contributed by atoms with Crippen molar-refractivity contribution in [2.45, 2.75) is 38.1 Å². The molecule has 5 heteroatoms. The fourth-order valence-electron chi connectivity index (χ4n) is 2.65. The van der Waals surface area contributed by atoms with Crippen LogP contribution in [0, 0.1) is 6.92 Å². The van der Waals surface area contributed by atoms with Crippen LogP contribution in [0.2, 0.25) is 0 Å². The van der Waals surface area contributed by atoms with Crippen molar-refractivity contribution in [2.24, 2.45) is 0 Å². The Kier molecular flexibility index (Phi) is 3.46. The molecular weight excluding hydrogens is 262 g/mol. The standard InChI is InChI=1S/C14H18ClN3O/c1-9-5-6-12-14(16-9)18(13(17-12)10(2)15)11-4-3-7-19-8-11/h5-6,10-11H,3-4,7-8H2,1-2H3. The van der Waals surface area contributed by atoms with E-state index in [0.29, 0.717) is 6.04 Å². The summed E-state index contributed by atoms with van der Waals surface area (Å²) in [5, 5.41) is -0.128. The van der Waals surface area contributed by atoms with Gasteiger partial charge < -0.3 is 9.30 Å². The normalized spacial score (nSPS) is 21.7. The van der Waals surface area contributed by atoms with E-state index >= 15 is 0 Å². The van der Waals surface area contributed by atoms with Crippen LogP contribution in [0.15, 0.2) is 12.1 Å². The Bertz CT molecular complexity index is 588. The fraction of sp³-hybridized carbons (Fsp3) is 0.571. The van der Waals surface area contributed by atoms with E-state index in [1.54, 1.807) is 0 Å². The summed E-state index contributed by atoms with van der Waals surface area (Å²) in [5.41, 5.74) is 2.84. The number of aryl methyl sites for hydroxylation is 1. The summed E-state index contributed by atoms with van der Waals surface area (Å²) in [4.78, 5) is 9.28. The van der Waals surface area contributed by atoms with Crippen LogP contribution in [-0.2, 0) is 4.74 Å². The molecule has 3 rings (SSSR count). The molecule has 0 aliphatic carbocycles. The number of aromatic nitrogens is 3. The molecule has 19 heavy (non-hydrogen) atoms. The molecule has 102 valence electrons. The van der Waals surface area contributed by atoms with E-state index in [1.807, 2.05) is 26.0 Å². The van der Waals surface area contributed by atoms with Crippen LogP contribution in [0.4, 0.5) is 0 Å². The lowest BCUT2D eigenvalue weighted by Gasteiger charge is -2.25. The zero-order chi connectivity index (χ0) is 13.4. The summed E-state index contributed by atoms with van der Waals surface area (Å²) >= 11 is 6.29. The van der Waals surface area contributed by atoms with Crippen LogP contribution in [0.1, 0.15) is 42.7 Å². The summed E-state index contributed by atoms with van der Waals surface area (Å²) < 4.78 is 7.78. The monoisotopic (exact) mass is 279 g/mol. The highest BCUT2D eigenvalue weighted by molar-refractivity contribution is 6.20. The largest absolute Gasteiger partial charge is 0.379 e. The predicted molar refractivity (Wildman–Crippen MR) is 75.6 cm³/mol. The molecule has 1 fully saturated rings. The van der Waals surface area contributed by atoms with Crippen LogP contribution in [0.3, 0.4) is 0 Å². The van der Waals surface area contributed by atoms with Gasteiger partial charge in [-0.3, -0.25) is 0 Å². The quantitative estimate of drug-likeness (QED) is 0.791. The molecule has 3 heterocycles. The van der Waals surface area contributed by atoms with Crippen molar-refractivity contribution < 1.29 is 4.74 Å². The third-order valence-corrected chi connectivity index (χ3v) is 3.76. The average molecular weight is 280 g/mol. The minimum Gasteiger partial charge on any atom is -0.379 e. The highest BCUT2D eigenvalue weighted by Crippen LogP contribution is 2.30. The molecule has 4 nitrogen and oxygen atoms in total. The first-order valence-electron chi connectivity index (χ1n) is 6.74. The maximum atomic E-state index is 6.29. The van der Waals surface area contributed by atoms with E-state index in [9.17, 15) is 0 Å². The summed E-state index contributed by atoms with van der Waals surface area (Å²) in [6.45, 7) is 5.52. The van der Waals surface area contributed by atoms with E-state index in [4.69, 9.17) is 16.3 Å². The second kappa shape index (κ2) is 5.10. The molecule has 2 aromatic rings. The molecule has 0 radical (unpaired) electrons. The molecule has 0 aromatic carbocycles. The number of pyridine rings is 1. The number of rotatable bonds is 2. The van der Waals surface area contributed by atoms with Crippen LogP contribution >= 0.6 is 11.6 Å². The molecule has 2 atom stereocenters. The molecule has 1 aliphatic heterocycles. The van der Waals surface area contributed by atoms with Gasteiger partial charge in [0, 0.05) is 12.3 Å². The van der Waals surface area contributed by atoms with Crippen molar-refractivity contribution in [2.75, 3.05) is 13.2 Å². The van der Waals surface area contributed by atoms with Crippen LogP contribution < -0.4 is 0 Å². The highest BCUT2D eigenvalue weighted by atomic mass is 35.5. The minimum absolute atomic E-state index is 0.128. The molecule has 0 bridgehead atoms. The second-order valence-corrected chi connectivity index (χ2v) is 5.78. The van der Waals surface area contributed by atoms with E-state index in [0.717, 1.165) is 48.7 Å².